The molecule has 0 spiro atoms. The number of thiazole rings is 1. The van der Waals surface area contributed by atoms with Crippen molar-refractivity contribution in [1.82, 2.24) is 4.98 Å². The van der Waals surface area contributed by atoms with Crippen LogP contribution in [0.25, 0.3) is 11.3 Å². The molecule has 1 amide bonds. The number of rotatable bonds is 5. The molecule has 1 aliphatic rings. The van der Waals surface area contributed by atoms with Gasteiger partial charge in [-0.3, -0.25) is 4.79 Å². The number of halogens is 1. The van der Waals surface area contributed by atoms with Crippen molar-refractivity contribution in [3.8, 4) is 11.3 Å². The van der Waals surface area contributed by atoms with Gasteiger partial charge in [-0.15, -0.1) is 23.1 Å². The third-order valence-electron chi connectivity index (χ3n) is 3.54. The van der Waals surface area contributed by atoms with Crippen LogP contribution in [0.3, 0.4) is 0 Å². The van der Waals surface area contributed by atoms with Crippen LogP contribution in [-0.4, -0.2) is 41.8 Å². The van der Waals surface area contributed by atoms with Crippen LogP contribution in [0.2, 0.25) is 5.02 Å². The van der Waals surface area contributed by atoms with Crippen molar-refractivity contribution in [1.29, 1.82) is 0 Å². The van der Waals surface area contributed by atoms with E-state index in [2.05, 4.69) is 10.3 Å². The van der Waals surface area contributed by atoms with E-state index in [0.29, 0.717) is 16.6 Å². The van der Waals surface area contributed by atoms with E-state index >= 15 is 0 Å². The first-order valence-corrected chi connectivity index (χ1v) is 11.4. The zero-order chi connectivity index (χ0) is 17.2. The largest absolute Gasteiger partial charge is 0.301 e. The van der Waals surface area contributed by atoms with Crippen LogP contribution in [0.1, 0.15) is 6.42 Å². The van der Waals surface area contributed by atoms with Gasteiger partial charge in [0, 0.05) is 21.2 Å². The summed E-state index contributed by atoms with van der Waals surface area (Å²) in [5.41, 5.74) is 1.54. The van der Waals surface area contributed by atoms with Crippen molar-refractivity contribution in [3.05, 3.63) is 34.7 Å². The van der Waals surface area contributed by atoms with Crippen molar-refractivity contribution in [2.75, 3.05) is 22.6 Å². The predicted octanol–water partition coefficient (Wildman–Crippen LogP) is 3.32. The smallest absolute Gasteiger partial charge is 0.236 e. The fourth-order valence-electron chi connectivity index (χ4n) is 2.37. The van der Waals surface area contributed by atoms with Gasteiger partial charge in [-0.25, -0.2) is 13.4 Å². The van der Waals surface area contributed by atoms with E-state index < -0.39 is 9.84 Å². The molecule has 128 valence electrons. The molecule has 9 heteroatoms. The third kappa shape index (κ3) is 4.50. The summed E-state index contributed by atoms with van der Waals surface area (Å²) in [6.07, 6.45) is 0.619. The number of benzene rings is 1. The molecule has 1 atom stereocenters. The summed E-state index contributed by atoms with van der Waals surface area (Å²) in [5.74, 6) is 0.435. The lowest BCUT2D eigenvalue weighted by Gasteiger charge is -2.06. The molecule has 1 saturated heterocycles. The fourth-order valence-corrected chi connectivity index (χ4v) is 6.77. The number of sulfone groups is 1. The van der Waals surface area contributed by atoms with E-state index in [0.717, 1.165) is 11.3 Å². The van der Waals surface area contributed by atoms with Gasteiger partial charge in [0.25, 0.3) is 0 Å². The van der Waals surface area contributed by atoms with E-state index in [1.54, 1.807) is 6.07 Å². The van der Waals surface area contributed by atoms with Crippen molar-refractivity contribution in [3.63, 3.8) is 0 Å². The summed E-state index contributed by atoms with van der Waals surface area (Å²) in [6, 6.07) is 7.40. The molecule has 1 aromatic heterocycles. The zero-order valence-electron chi connectivity index (χ0n) is 12.6. The van der Waals surface area contributed by atoms with Crippen LogP contribution in [-0.2, 0) is 14.6 Å². The Hall–Kier alpha value is -1.09. The highest BCUT2D eigenvalue weighted by Crippen LogP contribution is 2.30. The lowest BCUT2D eigenvalue weighted by atomic mass is 10.2. The van der Waals surface area contributed by atoms with E-state index in [4.69, 9.17) is 11.6 Å². The van der Waals surface area contributed by atoms with Gasteiger partial charge in [0.15, 0.2) is 15.0 Å². The minimum Gasteiger partial charge on any atom is -0.301 e. The maximum Gasteiger partial charge on any atom is 0.236 e. The molecule has 0 saturated carbocycles. The first-order chi connectivity index (χ1) is 11.4. The number of hydrogen-bond acceptors (Lipinski definition) is 6. The second-order valence-corrected chi connectivity index (χ2v) is 10.2. The minimum absolute atomic E-state index is 0.00994. The van der Waals surface area contributed by atoms with Gasteiger partial charge >= 0.3 is 0 Å². The normalized spacial score (nSPS) is 19.3. The van der Waals surface area contributed by atoms with Crippen LogP contribution < -0.4 is 5.32 Å². The molecule has 1 N–H and O–H groups in total. The van der Waals surface area contributed by atoms with E-state index in [-0.39, 0.29) is 28.4 Å². The summed E-state index contributed by atoms with van der Waals surface area (Å²) in [5, 5.41) is 5.72. The van der Waals surface area contributed by atoms with Gasteiger partial charge in [-0.05, 0) is 12.5 Å². The number of carbonyl (C=O) groups excluding carboxylic acids is 1. The highest BCUT2D eigenvalue weighted by Gasteiger charge is 2.28. The van der Waals surface area contributed by atoms with Crippen molar-refractivity contribution >= 4 is 55.6 Å². The number of hydrogen-bond donors (Lipinski definition) is 1. The molecule has 5 nitrogen and oxygen atoms in total. The quantitative estimate of drug-likeness (QED) is 0.830. The number of thioether (sulfide) groups is 1. The Kier molecular flexibility index (Phi) is 5.49. The Morgan fingerprint density at radius 3 is 2.92 bits per heavy atom. The van der Waals surface area contributed by atoms with Crippen LogP contribution in [0.4, 0.5) is 5.13 Å². The average molecular weight is 403 g/mol. The van der Waals surface area contributed by atoms with E-state index in [1.807, 2.05) is 23.6 Å². The summed E-state index contributed by atoms with van der Waals surface area (Å²) in [7, 11) is -2.91. The second-order valence-electron chi connectivity index (χ2n) is 5.40. The van der Waals surface area contributed by atoms with Crippen molar-refractivity contribution < 1.29 is 13.2 Å². The van der Waals surface area contributed by atoms with Crippen LogP contribution in [0.5, 0.6) is 0 Å². The molecule has 1 fully saturated rings. The number of carbonyl (C=O) groups is 1. The summed E-state index contributed by atoms with van der Waals surface area (Å²) in [6.45, 7) is 0. The Bertz CT molecular complexity index is 851. The molecule has 1 unspecified atom stereocenters. The van der Waals surface area contributed by atoms with Crippen LogP contribution in [0.15, 0.2) is 29.6 Å². The standard InChI is InChI=1S/C15H15ClN2O3S3/c16-12-4-2-1-3-11(12)13-7-23-15(17-13)18-14(19)8-22-10-5-6-24(20,21)9-10/h1-4,7,10H,5-6,8-9H2,(H,17,18,19). The Labute approximate surface area is 153 Å². The first kappa shape index (κ1) is 17.7. The maximum atomic E-state index is 12.0. The minimum atomic E-state index is -2.91. The number of nitrogens with one attached hydrogen (secondary N) is 1. The lowest BCUT2D eigenvalue weighted by molar-refractivity contribution is -0.113. The van der Waals surface area contributed by atoms with Crippen molar-refractivity contribution in [2.45, 2.75) is 11.7 Å². The van der Waals surface area contributed by atoms with Gasteiger partial charge in [0.2, 0.25) is 5.91 Å². The molecule has 1 aromatic carbocycles. The fraction of sp³-hybridized carbons (Fsp3) is 0.333. The zero-order valence-corrected chi connectivity index (χ0v) is 15.8. The van der Waals surface area contributed by atoms with Gasteiger partial charge in [0.05, 0.1) is 23.0 Å². The maximum absolute atomic E-state index is 12.0. The Morgan fingerprint density at radius 2 is 2.21 bits per heavy atom. The average Bonchev–Trinajstić information content (AvgIpc) is 3.12. The molecular formula is C15H15ClN2O3S3. The molecule has 0 radical (unpaired) electrons. The molecule has 3 rings (SSSR count). The number of anilines is 1. The Morgan fingerprint density at radius 1 is 1.42 bits per heavy atom. The van der Waals surface area contributed by atoms with E-state index in [9.17, 15) is 13.2 Å². The SMILES string of the molecule is O=C(CSC1CCS(=O)(=O)C1)Nc1nc(-c2ccccc2Cl)cs1. The molecule has 24 heavy (non-hydrogen) atoms. The summed E-state index contributed by atoms with van der Waals surface area (Å²) in [4.78, 5) is 16.4. The molecular weight excluding hydrogens is 388 g/mol. The van der Waals surface area contributed by atoms with Gasteiger partial charge in [-0.1, -0.05) is 29.8 Å². The van der Waals surface area contributed by atoms with Gasteiger partial charge in [-0.2, -0.15) is 0 Å². The molecule has 0 aliphatic carbocycles. The molecule has 2 aromatic rings. The van der Waals surface area contributed by atoms with E-state index in [1.165, 1.54) is 23.1 Å². The number of aromatic nitrogens is 1. The highest BCUT2D eigenvalue weighted by atomic mass is 35.5. The predicted molar refractivity (Wildman–Crippen MR) is 101 cm³/mol. The molecule has 2 heterocycles. The Balaban J connectivity index is 1.55. The molecule has 1 aliphatic heterocycles. The lowest BCUT2D eigenvalue weighted by Crippen LogP contribution is -2.17. The van der Waals surface area contributed by atoms with Gasteiger partial charge < -0.3 is 5.32 Å². The first-order valence-electron chi connectivity index (χ1n) is 7.25. The second kappa shape index (κ2) is 7.43. The van der Waals surface area contributed by atoms with Gasteiger partial charge in [0.1, 0.15) is 0 Å². The monoisotopic (exact) mass is 402 g/mol. The molecule has 0 bridgehead atoms. The van der Waals surface area contributed by atoms with Crippen molar-refractivity contribution in [2.24, 2.45) is 0 Å². The number of nitrogens with zero attached hydrogens (tertiary/aromatic N) is 1. The topological polar surface area (TPSA) is 76.1 Å². The van der Waals surface area contributed by atoms with Crippen LogP contribution in [0, 0.1) is 0 Å². The number of amides is 1. The highest BCUT2D eigenvalue weighted by molar-refractivity contribution is 8.02. The van der Waals surface area contributed by atoms with Crippen LogP contribution >= 0.6 is 34.7 Å². The summed E-state index contributed by atoms with van der Waals surface area (Å²) < 4.78 is 22.8. The summed E-state index contributed by atoms with van der Waals surface area (Å²) >= 11 is 8.86. The third-order valence-corrected chi connectivity index (χ3v) is 7.91.